The lowest BCUT2D eigenvalue weighted by Crippen LogP contribution is -2.26. The van der Waals surface area contributed by atoms with Gasteiger partial charge in [0.15, 0.2) is 0 Å². The van der Waals surface area contributed by atoms with E-state index >= 15 is 0 Å². The molecule has 0 saturated carbocycles. The summed E-state index contributed by atoms with van der Waals surface area (Å²) in [6, 6.07) is 6.13. The SMILES string of the molecule is CO[C@H](C)CC(=O)Nc1ccc2c(c1)N(C)CCN(C)C2. The Morgan fingerprint density at radius 3 is 2.86 bits per heavy atom. The first kappa shape index (κ1) is 15.8. The van der Waals surface area contributed by atoms with Crippen LogP contribution in [0.5, 0.6) is 0 Å². The molecule has 1 aromatic rings. The molecule has 1 atom stereocenters. The van der Waals surface area contributed by atoms with Crippen molar-refractivity contribution >= 4 is 17.3 Å². The summed E-state index contributed by atoms with van der Waals surface area (Å²) in [4.78, 5) is 16.5. The van der Waals surface area contributed by atoms with Crippen LogP contribution in [0.3, 0.4) is 0 Å². The van der Waals surface area contributed by atoms with Crippen molar-refractivity contribution in [2.45, 2.75) is 26.0 Å². The van der Waals surface area contributed by atoms with Crippen molar-refractivity contribution < 1.29 is 9.53 Å². The van der Waals surface area contributed by atoms with Gasteiger partial charge in [-0.25, -0.2) is 0 Å². The third kappa shape index (κ3) is 4.19. The molecule has 21 heavy (non-hydrogen) atoms. The number of anilines is 2. The van der Waals surface area contributed by atoms with Crippen LogP contribution in [0, 0.1) is 0 Å². The number of methoxy groups -OCH3 is 1. The molecule has 5 heteroatoms. The first-order valence-corrected chi connectivity index (χ1v) is 7.35. The highest BCUT2D eigenvalue weighted by Crippen LogP contribution is 2.27. The summed E-state index contributed by atoms with van der Waals surface area (Å²) >= 11 is 0. The van der Waals surface area contributed by atoms with Gasteiger partial charge in [0.1, 0.15) is 0 Å². The van der Waals surface area contributed by atoms with Crippen molar-refractivity contribution in [2.75, 3.05) is 44.5 Å². The number of hydrogen-bond acceptors (Lipinski definition) is 4. The van der Waals surface area contributed by atoms with E-state index < -0.39 is 0 Å². The van der Waals surface area contributed by atoms with E-state index in [9.17, 15) is 4.79 Å². The second-order valence-electron chi connectivity index (χ2n) is 5.80. The normalized spacial score (nSPS) is 17.0. The van der Waals surface area contributed by atoms with Crippen LogP contribution < -0.4 is 10.2 Å². The molecule has 2 rings (SSSR count). The topological polar surface area (TPSA) is 44.8 Å². The van der Waals surface area contributed by atoms with Gasteiger partial charge < -0.3 is 19.9 Å². The summed E-state index contributed by atoms with van der Waals surface area (Å²) in [5.74, 6) is -0.0160. The molecule has 0 aromatic heterocycles. The van der Waals surface area contributed by atoms with Crippen molar-refractivity contribution in [1.29, 1.82) is 0 Å². The fourth-order valence-electron chi connectivity index (χ4n) is 2.50. The average molecular weight is 291 g/mol. The molecular weight excluding hydrogens is 266 g/mol. The van der Waals surface area contributed by atoms with Gasteiger partial charge in [0, 0.05) is 45.2 Å². The Kier molecular flexibility index (Phi) is 5.20. The van der Waals surface area contributed by atoms with Gasteiger partial charge in [-0.05, 0) is 31.7 Å². The highest BCUT2D eigenvalue weighted by molar-refractivity contribution is 5.91. The number of amides is 1. The number of benzene rings is 1. The number of likely N-dealkylation sites (N-methyl/N-ethyl adjacent to an activating group) is 2. The fourth-order valence-corrected chi connectivity index (χ4v) is 2.50. The van der Waals surface area contributed by atoms with Gasteiger partial charge in [0.05, 0.1) is 12.5 Å². The first-order chi connectivity index (χ1) is 9.99. The molecule has 0 spiro atoms. The summed E-state index contributed by atoms with van der Waals surface area (Å²) in [5, 5.41) is 2.95. The Bertz CT molecular complexity index is 504. The second kappa shape index (κ2) is 6.91. The van der Waals surface area contributed by atoms with Gasteiger partial charge in [-0.3, -0.25) is 4.79 Å². The third-order valence-electron chi connectivity index (χ3n) is 3.91. The van der Waals surface area contributed by atoms with Crippen LogP contribution in [0.1, 0.15) is 18.9 Å². The van der Waals surface area contributed by atoms with Gasteiger partial charge in [0.25, 0.3) is 0 Å². The molecule has 0 bridgehead atoms. The zero-order valence-corrected chi connectivity index (χ0v) is 13.3. The first-order valence-electron chi connectivity index (χ1n) is 7.35. The predicted octanol–water partition coefficient (Wildman–Crippen LogP) is 1.93. The summed E-state index contributed by atoms with van der Waals surface area (Å²) in [6.45, 7) is 4.86. The molecule has 1 amide bonds. The van der Waals surface area contributed by atoms with Crippen LogP contribution in [0.25, 0.3) is 0 Å². The van der Waals surface area contributed by atoms with E-state index in [1.165, 1.54) is 11.3 Å². The zero-order valence-electron chi connectivity index (χ0n) is 13.3. The van der Waals surface area contributed by atoms with E-state index in [0.29, 0.717) is 6.42 Å². The van der Waals surface area contributed by atoms with Crippen LogP contribution in [0.4, 0.5) is 11.4 Å². The molecule has 0 radical (unpaired) electrons. The molecule has 5 nitrogen and oxygen atoms in total. The molecule has 1 aliphatic rings. The monoisotopic (exact) mass is 291 g/mol. The molecule has 0 aliphatic carbocycles. The summed E-state index contributed by atoms with van der Waals surface area (Å²) in [6.07, 6.45) is 0.300. The van der Waals surface area contributed by atoms with Gasteiger partial charge in [-0.2, -0.15) is 0 Å². The summed E-state index contributed by atoms with van der Waals surface area (Å²) < 4.78 is 5.12. The van der Waals surface area contributed by atoms with E-state index in [1.807, 2.05) is 13.0 Å². The van der Waals surface area contributed by atoms with E-state index in [-0.39, 0.29) is 12.0 Å². The average Bonchev–Trinajstić information content (AvgIpc) is 2.58. The summed E-state index contributed by atoms with van der Waals surface area (Å²) in [5.41, 5.74) is 3.33. The van der Waals surface area contributed by atoms with Gasteiger partial charge in [-0.1, -0.05) is 6.07 Å². The highest BCUT2D eigenvalue weighted by Gasteiger charge is 2.16. The number of nitrogens with zero attached hydrogens (tertiary/aromatic N) is 2. The van der Waals surface area contributed by atoms with Gasteiger partial charge in [-0.15, -0.1) is 0 Å². The lowest BCUT2D eigenvalue weighted by atomic mass is 10.1. The Labute approximate surface area is 126 Å². The van der Waals surface area contributed by atoms with E-state index in [1.54, 1.807) is 7.11 Å². The quantitative estimate of drug-likeness (QED) is 0.921. The molecule has 1 aromatic carbocycles. The minimum atomic E-state index is -0.0675. The Morgan fingerprint density at radius 2 is 2.14 bits per heavy atom. The number of hydrogen-bond donors (Lipinski definition) is 1. The number of fused-ring (bicyclic) bond motifs is 1. The molecule has 116 valence electrons. The Hall–Kier alpha value is -1.59. The number of nitrogens with one attached hydrogen (secondary N) is 1. The summed E-state index contributed by atoms with van der Waals surface area (Å²) in [7, 11) is 5.84. The van der Waals surface area contributed by atoms with Gasteiger partial charge in [0.2, 0.25) is 5.91 Å². The van der Waals surface area contributed by atoms with Crippen LogP contribution in [-0.2, 0) is 16.1 Å². The largest absolute Gasteiger partial charge is 0.381 e. The molecular formula is C16H25N3O2. The second-order valence-corrected chi connectivity index (χ2v) is 5.80. The lowest BCUT2D eigenvalue weighted by Gasteiger charge is -2.20. The minimum Gasteiger partial charge on any atom is -0.381 e. The number of rotatable bonds is 4. The third-order valence-corrected chi connectivity index (χ3v) is 3.91. The number of carbonyl (C=O) groups is 1. The number of ether oxygens (including phenoxy) is 1. The van der Waals surface area contributed by atoms with Crippen molar-refractivity contribution in [2.24, 2.45) is 0 Å². The molecule has 0 saturated heterocycles. The molecule has 1 heterocycles. The Balaban J connectivity index is 2.11. The van der Waals surface area contributed by atoms with Crippen LogP contribution in [-0.4, -0.2) is 51.2 Å². The molecule has 0 unspecified atom stereocenters. The zero-order chi connectivity index (χ0) is 15.4. The van der Waals surface area contributed by atoms with E-state index in [2.05, 4.69) is 41.3 Å². The maximum Gasteiger partial charge on any atom is 0.226 e. The van der Waals surface area contributed by atoms with Crippen molar-refractivity contribution in [3.05, 3.63) is 23.8 Å². The maximum atomic E-state index is 11.9. The smallest absolute Gasteiger partial charge is 0.226 e. The van der Waals surface area contributed by atoms with Gasteiger partial charge >= 0.3 is 0 Å². The molecule has 1 N–H and O–H groups in total. The number of carbonyl (C=O) groups excluding carboxylic acids is 1. The van der Waals surface area contributed by atoms with E-state index in [0.717, 1.165) is 25.3 Å². The predicted molar refractivity (Wildman–Crippen MR) is 85.8 cm³/mol. The maximum absolute atomic E-state index is 11.9. The van der Waals surface area contributed by atoms with Crippen LogP contribution in [0.2, 0.25) is 0 Å². The molecule has 0 fully saturated rings. The van der Waals surface area contributed by atoms with E-state index in [4.69, 9.17) is 4.74 Å². The Morgan fingerprint density at radius 1 is 1.38 bits per heavy atom. The highest BCUT2D eigenvalue weighted by atomic mass is 16.5. The van der Waals surface area contributed by atoms with Crippen LogP contribution >= 0.6 is 0 Å². The minimum absolute atomic E-state index is 0.0160. The van der Waals surface area contributed by atoms with Crippen molar-refractivity contribution in [1.82, 2.24) is 4.90 Å². The lowest BCUT2D eigenvalue weighted by molar-refractivity contribution is -0.118. The van der Waals surface area contributed by atoms with Crippen molar-refractivity contribution in [3.8, 4) is 0 Å². The molecule has 1 aliphatic heterocycles. The van der Waals surface area contributed by atoms with Crippen molar-refractivity contribution in [3.63, 3.8) is 0 Å². The van der Waals surface area contributed by atoms with Crippen LogP contribution in [0.15, 0.2) is 18.2 Å². The fraction of sp³-hybridized carbons (Fsp3) is 0.562. The standard InChI is InChI=1S/C16H25N3O2/c1-12(21-4)9-16(20)17-14-6-5-13-11-18(2)7-8-19(3)15(13)10-14/h5-6,10,12H,7-9,11H2,1-4H3,(H,17,20)/t12-/m1/s1.